The molecule has 0 saturated heterocycles. The molecule has 102 valence electrons. The van der Waals surface area contributed by atoms with E-state index in [2.05, 4.69) is 5.32 Å². The van der Waals surface area contributed by atoms with Crippen LogP contribution >= 0.6 is 11.8 Å². The van der Waals surface area contributed by atoms with Crippen molar-refractivity contribution < 1.29 is 14.6 Å². The predicted molar refractivity (Wildman–Crippen MR) is 72.3 cm³/mol. The van der Waals surface area contributed by atoms with E-state index in [9.17, 15) is 4.79 Å². The van der Waals surface area contributed by atoms with Gasteiger partial charge in [0.2, 0.25) is 0 Å². The summed E-state index contributed by atoms with van der Waals surface area (Å²) in [7, 11) is 0. The van der Waals surface area contributed by atoms with Gasteiger partial charge < -0.3 is 15.2 Å². The smallest absolute Gasteiger partial charge is 0.326 e. The molecule has 0 aliphatic carbocycles. The molecule has 0 spiro atoms. The topological polar surface area (TPSA) is 58.6 Å². The van der Waals surface area contributed by atoms with Crippen LogP contribution in [0.15, 0.2) is 0 Å². The first-order valence-electron chi connectivity index (χ1n) is 6.14. The molecule has 0 aromatic carbocycles. The Balaban J connectivity index is 4.25. The lowest BCUT2D eigenvalue weighted by Gasteiger charge is -2.28. The van der Waals surface area contributed by atoms with Gasteiger partial charge in [-0.3, -0.25) is 4.79 Å². The highest BCUT2D eigenvalue weighted by atomic mass is 32.2. The second-order valence-corrected chi connectivity index (χ2v) is 5.74. The van der Waals surface area contributed by atoms with Gasteiger partial charge in [0.15, 0.2) is 0 Å². The fourth-order valence-corrected chi connectivity index (χ4v) is 2.49. The van der Waals surface area contributed by atoms with Crippen molar-refractivity contribution in [3.8, 4) is 0 Å². The minimum Gasteiger partial charge on any atom is -0.465 e. The molecular weight excluding hydrogens is 238 g/mol. The van der Waals surface area contributed by atoms with Crippen LogP contribution in [0.2, 0.25) is 0 Å². The standard InChI is InChI=1S/C12H25NO3S/c1-5-13-12(4,11(15)16-6-2)7-8-17-10(3)9-14/h10,13-14H,5-9H2,1-4H3. The predicted octanol–water partition coefficient (Wildman–Crippen LogP) is 1.42. The molecule has 0 aliphatic rings. The molecule has 0 amide bonds. The summed E-state index contributed by atoms with van der Waals surface area (Å²) in [4.78, 5) is 11.9. The normalized spacial score (nSPS) is 16.3. The molecule has 0 aromatic rings. The van der Waals surface area contributed by atoms with Crippen LogP contribution in [0.1, 0.15) is 34.1 Å². The molecule has 0 radical (unpaired) electrons. The van der Waals surface area contributed by atoms with Gasteiger partial charge in [-0.05, 0) is 32.6 Å². The number of nitrogens with one attached hydrogen (secondary N) is 1. The lowest BCUT2D eigenvalue weighted by molar-refractivity contribution is -0.150. The summed E-state index contributed by atoms with van der Waals surface area (Å²) in [5.74, 6) is 0.628. The van der Waals surface area contributed by atoms with Crippen LogP contribution in [0.3, 0.4) is 0 Å². The number of carbonyl (C=O) groups is 1. The third kappa shape index (κ3) is 6.29. The van der Waals surface area contributed by atoms with Gasteiger partial charge in [-0.15, -0.1) is 0 Å². The van der Waals surface area contributed by atoms with Crippen molar-refractivity contribution in [3.63, 3.8) is 0 Å². The van der Waals surface area contributed by atoms with Crippen molar-refractivity contribution in [2.75, 3.05) is 25.5 Å². The zero-order chi connectivity index (χ0) is 13.3. The molecule has 2 N–H and O–H groups in total. The quantitative estimate of drug-likeness (QED) is 0.616. The molecule has 0 saturated carbocycles. The number of hydrogen-bond acceptors (Lipinski definition) is 5. The van der Waals surface area contributed by atoms with Crippen LogP contribution in [-0.4, -0.2) is 47.4 Å². The van der Waals surface area contributed by atoms with Gasteiger partial charge in [-0.25, -0.2) is 0 Å². The highest BCUT2D eigenvalue weighted by Crippen LogP contribution is 2.19. The first kappa shape index (κ1) is 16.7. The zero-order valence-corrected chi connectivity index (χ0v) is 12.1. The highest BCUT2D eigenvalue weighted by Gasteiger charge is 2.33. The molecule has 0 aliphatic heterocycles. The minimum absolute atomic E-state index is 0.169. The summed E-state index contributed by atoms with van der Waals surface area (Å²) < 4.78 is 5.08. The van der Waals surface area contributed by atoms with Crippen molar-refractivity contribution in [2.24, 2.45) is 0 Å². The van der Waals surface area contributed by atoms with Crippen molar-refractivity contribution >= 4 is 17.7 Å². The average molecular weight is 263 g/mol. The maximum Gasteiger partial charge on any atom is 0.326 e. The van der Waals surface area contributed by atoms with E-state index in [0.717, 1.165) is 12.3 Å². The van der Waals surface area contributed by atoms with E-state index >= 15 is 0 Å². The van der Waals surface area contributed by atoms with Gasteiger partial charge in [-0.2, -0.15) is 11.8 Å². The molecule has 5 heteroatoms. The number of thioether (sulfide) groups is 1. The second kappa shape index (κ2) is 8.78. The van der Waals surface area contributed by atoms with Gasteiger partial charge in [-0.1, -0.05) is 13.8 Å². The lowest BCUT2D eigenvalue weighted by atomic mass is 9.99. The number of aliphatic hydroxyl groups is 1. The Morgan fingerprint density at radius 3 is 2.65 bits per heavy atom. The Labute approximate surface area is 108 Å². The van der Waals surface area contributed by atoms with E-state index in [4.69, 9.17) is 9.84 Å². The average Bonchev–Trinajstić information content (AvgIpc) is 2.29. The van der Waals surface area contributed by atoms with Crippen LogP contribution in [-0.2, 0) is 9.53 Å². The number of likely N-dealkylation sites (N-methyl/N-ethyl adjacent to an activating group) is 1. The van der Waals surface area contributed by atoms with E-state index < -0.39 is 5.54 Å². The Morgan fingerprint density at radius 2 is 2.18 bits per heavy atom. The van der Waals surface area contributed by atoms with Gasteiger partial charge >= 0.3 is 5.97 Å². The molecule has 2 atom stereocenters. The van der Waals surface area contributed by atoms with Gasteiger partial charge in [0, 0.05) is 5.25 Å². The molecule has 0 heterocycles. The summed E-state index contributed by atoms with van der Waals surface area (Å²) in [5, 5.41) is 12.3. The van der Waals surface area contributed by atoms with Crippen molar-refractivity contribution in [3.05, 3.63) is 0 Å². The fraction of sp³-hybridized carbons (Fsp3) is 0.917. The van der Waals surface area contributed by atoms with Crippen molar-refractivity contribution in [1.29, 1.82) is 0 Å². The summed E-state index contributed by atoms with van der Waals surface area (Å²) in [6.07, 6.45) is 0.703. The number of hydrogen-bond donors (Lipinski definition) is 2. The van der Waals surface area contributed by atoms with E-state index in [0.29, 0.717) is 13.0 Å². The first-order chi connectivity index (χ1) is 8.00. The SMILES string of the molecule is CCNC(C)(CCSC(C)CO)C(=O)OCC. The van der Waals surface area contributed by atoms with Crippen LogP contribution < -0.4 is 5.32 Å². The maximum absolute atomic E-state index is 11.9. The number of ether oxygens (including phenoxy) is 1. The Hall–Kier alpha value is -0.260. The van der Waals surface area contributed by atoms with Crippen molar-refractivity contribution in [2.45, 2.75) is 44.9 Å². The number of aliphatic hydroxyl groups excluding tert-OH is 1. The van der Waals surface area contributed by atoms with Crippen molar-refractivity contribution in [1.82, 2.24) is 5.32 Å². The third-order valence-corrected chi connectivity index (χ3v) is 3.71. The molecule has 0 fully saturated rings. The Morgan fingerprint density at radius 1 is 1.53 bits per heavy atom. The van der Waals surface area contributed by atoms with Crippen LogP contribution in [0, 0.1) is 0 Å². The summed E-state index contributed by atoms with van der Waals surface area (Å²) in [5.41, 5.74) is -0.618. The highest BCUT2D eigenvalue weighted by molar-refractivity contribution is 7.99. The summed E-state index contributed by atoms with van der Waals surface area (Å²) in [6, 6.07) is 0. The van der Waals surface area contributed by atoms with E-state index in [1.807, 2.05) is 27.7 Å². The minimum atomic E-state index is -0.618. The van der Waals surface area contributed by atoms with Gasteiger partial charge in [0.05, 0.1) is 13.2 Å². The number of esters is 1. The molecule has 2 unspecified atom stereocenters. The van der Waals surface area contributed by atoms with Gasteiger partial charge in [0.1, 0.15) is 5.54 Å². The Kier molecular flexibility index (Phi) is 8.64. The number of rotatable bonds is 9. The summed E-state index contributed by atoms with van der Waals surface area (Å²) in [6.45, 7) is 8.93. The fourth-order valence-electron chi connectivity index (χ4n) is 1.46. The van der Waals surface area contributed by atoms with Crippen LogP contribution in [0.4, 0.5) is 0 Å². The monoisotopic (exact) mass is 263 g/mol. The van der Waals surface area contributed by atoms with Gasteiger partial charge in [0.25, 0.3) is 0 Å². The largest absolute Gasteiger partial charge is 0.465 e. The molecule has 17 heavy (non-hydrogen) atoms. The first-order valence-corrected chi connectivity index (χ1v) is 7.19. The molecule has 0 aromatic heterocycles. The van der Waals surface area contributed by atoms with Crippen LogP contribution in [0.25, 0.3) is 0 Å². The van der Waals surface area contributed by atoms with E-state index in [-0.39, 0.29) is 17.8 Å². The molecule has 4 nitrogen and oxygen atoms in total. The van der Waals surface area contributed by atoms with Crippen LogP contribution in [0.5, 0.6) is 0 Å². The summed E-state index contributed by atoms with van der Waals surface area (Å²) >= 11 is 1.67. The second-order valence-electron chi connectivity index (χ2n) is 4.20. The zero-order valence-electron chi connectivity index (χ0n) is 11.3. The molecule has 0 rings (SSSR count). The van der Waals surface area contributed by atoms with E-state index in [1.54, 1.807) is 11.8 Å². The lowest BCUT2D eigenvalue weighted by Crippen LogP contribution is -2.50. The number of carbonyl (C=O) groups excluding carboxylic acids is 1. The molecular formula is C12H25NO3S. The van der Waals surface area contributed by atoms with E-state index in [1.165, 1.54) is 0 Å². The molecule has 0 bridgehead atoms. The Bertz CT molecular complexity index is 226. The maximum atomic E-state index is 11.9. The third-order valence-electron chi connectivity index (χ3n) is 2.55.